The van der Waals surface area contributed by atoms with Crippen molar-refractivity contribution in [1.29, 1.82) is 0 Å². The van der Waals surface area contributed by atoms with E-state index >= 15 is 0 Å². The molecule has 0 saturated carbocycles. The molecule has 1 unspecified atom stereocenters. The van der Waals surface area contributed by atoms with Crippen LogP contribution in [0.5, 0.6) is 0 Å². The Kier molecular flexibility index (Phi) is 6.41. The molecule has 1 atom stereocenters. The second-order valence-electron chi connectivity index (χ2n) is 3.09. The Morgan fingerprint density at radius 3 is 2.00 bits per heavy atom. The SMILES string of the molecule is CCOC(=CC(O)C(C)C)OCC. The van der Waals surface area contributed by atoms with Gasteiger partial charge in [-0.3, -0.25) is 0 Å². The number of aliphatic hydroxyl groups is 1. The van der Waals surface area contributed by atoms with Gasteiger partial charge in [-0.25, -0.2) is 0 Å². The Labute approximate surface area is 80.4 Å². The van der Waals surface area contributed by atoms with E-state index in [1.807, 2.05) is 27.7 Å². The summed E-state index contributed by atoms with van der Waals surface area (Å²) < 4.78 is 10.4. The Morgan fingerprint density at radius 2 is 1.69 bits per heavy atom. The molecule has 0 aromatic carbocycles. The van der Waals surface area contributed by atoms with Crippen LogP contribution < -0.4 is 0 Å². The van der Waals surface area contributed by atoms with E-state index in [0.29, 0.717) is 19.2 Å². The van der Waals surface area contributed by atoms with E-state index in [2.05, 4.69) is 0 Å². The molecule has 0 spiro atoms. The van der Waals surface area contributed by atoms with E-state index in [1.165, 1.54) is 0 Å². The highest BCUT2D eigenvalue weighted by Crippen LogP contribution is 2.08. The van der Waals surface area contributed by atoms with Crippen LogP contribution in [0.25, 0.3) is 0 Å². The molecule has 0 fully saturated rings. The fourth-order valence-electron chi connectivity index (χ4n) is 0.754. The van der Waals surface area contributed by atoms with Crippen molar-refractivity contribution in [3.05, 3.63) is 12.0 Å². The molecule has 78 valence electrons. The molecule has 3 heteroatoms. The Morgan fingerprint density at radius 1 is 1.23 bits per heavy atom. The highest BCUT2D eigenvalue weighted by atomic mass is 16.7. The van der Waals surface area contributed by atoms with Crippen molar-refractivity contribution >= 4 is 0 Å². The van der Waals surface area contributed by atoms with Crippen LogP contribution in [0.3, 0.4) is 0 Å². The maximum Gasteiger partial charge on any atom is 0.277 e. The summed E-state index contributed by atoms with van der Waals surface area (Å²) in [6, 6.07) is 0. The fraction of sp³-hybridized carbons (Fsp3) is 0.800. The zero-order valence-electron chi connectivity index (χ0n) is 8.91. The summed E-state index contributed by atoms with van der Waals surface area (Å²) in [5, 5.41) is 9.51. The van der Waals surface area contributed by atoms with Gasteiger partial charge in [0.1, 0.15) is 0 Å². The minimum absolute atomic E-state index is 0.177. The molecule has 0 aliphatic rings. The lowest BCUT2D eigenvalue weighted by Gasteiger charge is -2.13. The first kappa shape index (κ1) is 12.3. The summed E-state index contributed by atoms with van der Waals surface area (Å²) >= 11 is 0. The van der Waals surface area contributed by atoms with Gasteiger partial charge in [-0.05, 0) is 19.8 Å². The Balaban J connectivity index is 4.15. The van der Waals surface area contributed by atoms with Crippen LogP contribution in [-0.2, 0) is 9.47 Å². The molecule has 0 saturated heterocycles. The zero-order chi connectivity index (χ0) is 10.3. The quantitative estimate of drug-likeness (QED) is 0.647. The molecule has 1 N–H and O–H groups in total. The standard InChI is InChI=1S/C10H20O3/c1-5-12-10(13-6-2)7-9(11)8(3)4/h7-9,11H,5-6H2,1-4H3. The van der Waals surface area contributed by atoms with Crippen LogP contribution in [0.4, 0.5) is 0 Å². The molecule has 0 radical (unpaired) electrons. The maximum absolute atomic E-state index is 9.51. The molecular weight excluding hydrogens is 168 g/mol. The smallest absolute Gasteiger partial charge is 0.277 e. The first-order chi connectivity index (χ1) is 6.11. The third-order valence-corrected chi connectivity index (χ3v) is 1.56. The predicted octanol–water partition coefficient (Wildman–Crippen LogP) is 1.92. The number of aliphatic hydroxyl groups excluding tert-OH is 1. The first-order valence-electron chi connectivity index (χ1n) is 4.77. The molecule has 0 bridgehead atoms. The third-order valence-electron chi connectivity index (χ3n) is 1.56. The largest absolute Gasteiger partial charge is 0.466 e. The van der Waals surface area contributed by atoms with E-state index in [4.69, 9.17) is 9.47 Å². The fourth-order valence-corrected chi connectivity index (χ4v) is 0.754. The summed E-state index contributed by atoms with van der Waals surface area (Å²) in [5.41, 5.74) is 0. The van der Waals surface area contributed by atoms with E-state index < -0.39 is 6.10 Å². The molecule has 0 rings (SSSR count). The van der Waals surface area contributed by atoms with Gasteiger partial charge in [-0.15, -0.1) is 0 Å². The average molecular weight is 188 g/mol. The van der Waals surface area contributed by atoms with Gasteiger partial charge in [0.25, 0.3) is 5.95 Å². The van der Waals surface area contributed by atoms with Crippen molar-refractivity contribution in [3.8, 4) is 0 Å². The van der Waals surface area contributed by atoms with E-state index in [0.717, 1.165) is 0 Å². The Hall–Kier alpha value is -0.700. The molecule has 0 heterocycles. The van der Waals surface area contributed by atoms with Gasteiger partial charge >= 0.3 is 0 Å². The average Bonchev–Trinajstić information content (AvgIpc) is 2.05. The van der Waals surface area contributed by atoms with E-state index in [1.54, 1.807) is 6.08 Å². The van der Waals surface area contributed by atoms with Crippen molar-refractivity contribution in [2.24, 2.45) is 5.92 Å². The van der Waals surface area contributed by atoms with Gasteiger partial charge in [0.05, 0.1) is 19.3 Å². The maximum atomic E-state index is 9.51. The highest BCUT2D eigenvalue weighted by molar-refractivity contribution is 4.91. The number of rotatable bonds is 6. The first-order valence-corrected chi connectivity index (χ1v) is 4.77. The van der Waals surface area contributed by atoms with Gasteiger partial charge in [0, 0.05) is 6.08 Å². The molecule has 3 nitrogen and oxygen atoms in total. The number of hydrogen-bond donors (Lipinski definition) is 1. The van der Waals surface area contributed by atoms with Crippen LogP contribution in [0, 0.1) is 5.92 Å². The molecule has 0 aliphatic carbocycles. The lowest BCUT2D eigenvalue weighted by Crippen LogP contribution is -2.13. The predicted molar refractivity (Wildman–Crippen MR) is 52.2 cm³/mol. The molecule has 13 heavy (non-hydrogen) atoms. The van der Waals surface area contributed by atoms with Crippen molar-refractivity contribution in [2.75, 3.05) is 13.2 Å². The third kappa shape index (κ3) is 5.53. The summed E-state index contributed by atoms with van der Waals surface area (Å²) in [6.45, 7) is 8.75. The number of ether oxygens (including phenoxy) is 2. The molecule has 0 amide bonds. The van der Waals surface area contributed by atoms with Crippen molar-refractivity contribution < 1.29 is 14.6 Å². The van der Waals surface area contributed by atoms with E-state index in [9.17, 15) is 5.11 Å². The summed E-state index contributed by atoms with van der Waals surface area (Å²) in [6.07, 6.45) is 1.10. The lowest BCUT2D eigenvalue weighted by molar-refractivity contribution is 0.0380. The summed E-state index contributed by atoms with van der Waals surface area (Å²) in [5.74, 6) is 0.599. The molecule has 0 aromatic heterocycles. The highest BCUT2D eigenvalue weighted by Gasteiger charge is 2.08. The zero-order valence-corrected chi connectivity index (χ0v) is 8.91. The Bertz CT molecular complexity index is 144. The van der Waals surface area contributed by atoms with Crippen LogP contribution in [0.15, 0.2) is 12.0 Å². The second kappa shape index (κ2) is 6.78. The van der Waals surface area contributed by atoms with Gasteiger partial charge < -0.3 is 14.6 Å². The van der Waals surface area contributed by atoms with Gasteiger partial charge in [0.15, 0.2) is 0 Å². The van der Waals surface area contributed by atoms with Crippen molar-refractivity contribution in [3.63, 3.8) is 0 Å². The van der Waals surface area contributed by atoms with Crippen LogP contribution >= 0.6 is 0 Å². The van der Waals surface area contributed by atoms with Gasteiger partial charge in [-0.1, -0.05) is 13.8 Å². The van der Waals surface area contributed by atoms with Crippen LogP contribution in [-0.4, -0.2) is 24.4 Å². The van der Waals surface area contributed by atoms with Gasteiger partial charge in [0.2, 0.25) is 0 Å². The lowest BCUT2D eigenvalue weighted by atomic mass is 10.1. The normalized spacial score (nSPS) is 12.5. The van der Waals surface area contributed by atoms with Crippen LogP contribution in [0.1, 0.15) is 27.7 Å². The monoisotopic (exact) mass is 188 g/mol. The summed E-state index contributed by atoms with van der Waals surface area (Å²) in [4.78, 5) is 0. The van der Waals surface area contributed by atoms with Gasteiger partial charge in [-0.2, -0.15) is 0 Å². The minimum atomic E-state index is -0.506. The van der Waals surface area contributed by atoms with Crippen molar-refractivity contribution in [1.82, 2.24) is 0 Å². The molecular formula is C10H20O3. The minimum Gasteiger partial charge on any atom is -0.466 e. The molecule has 0 aliphatic heterocycles. The van der Waals surface area contributed by atoms with Crippen LogP contribution in [0.2, 0.25) is 0 Å². The summed E-state index contributed by atoms with van der Waals surface area (Å²) in [7, 11) is 0. The second-order valence-corrected chi connectivity index (χ2v) is 3.09. The number of hydrogen-bond acceptors (Lipinski definition) is 3. The molecule has 0 aromatic rings. The van der Waals surface area contributed by atoms with E-state index in [-0.39, 0.29) is 5.92 Å². The topological polar surface area (TPSA) is 38.7 Å². The van der Waals surface area contributed by atoms with Crippen molar-refractivity contribution in [2.45, 2.75) is 33.8 Å².